The largest absolute Gasteiger partial charge is 0.467 e. The highest BCUT2D eigenvalue weighted by Crippen LogP contribution is 2.35. The lowest BCUT2D eigenvalue weighted by molar-refractivity contribution is -0.142. The number of esters is 1. The number of carbonyl (C=O) groups is 2. The van der Waals surface area contributed by atoms with Crippen molar-refractivity contribution in [1.29, 1.82) is 0 Å². The Labute approximate surface area is 126 Å². The van der Waals surface area contributed by atoms with Crippen LogP contribution in [0.1, 0.15) is 6.92 Å². The van der Waals surface area contributed by atoms with Crippen LogP contribution in [0.15, 0.2) is 18.2 Å². The molecule has 0 aliphatic rings. The third kappa shape index (κ3) is 3.53. The molecule has 0 bridgehead atoms. The number of halogens is 3. The minimum Gasteiger partial charge on any atom is -0.467 e. The van der Waals surface area contributed by atoms with Crippen LogP contribution in [0.5, 0.6) is 0 Å². The van der Waals surface area contributed by atoms with Crippen molar-refractivity contribution < 1.29 is 14.3 Å². The lowest BCUT2D eigenvalue weighted by Gasteiger charge is -2.28. The Morgan fingerprint density at radius 2 is 1.84 bits per heavy atom. The number of alkyl halides is 1. The van der Waals surface area contributed by atoms with E-state index in [1.807, 2.05) is 0 Å². The van der Waals surface area contributed by atoms with Crippen molar-refractivity contribution in [2.24, 2.45) is 0 Å². The van der Waals surface area contributed by atoms with Crippen molar-refractivity contribution in [2.45, 2.75) is 13.0 Å². The fourth-order valence-corrected chi connectivity index (χ4v) is 2.30. The zero-order chi connectivity index (χ0) is 14.6. The molecule has 0 radical (unpaired) electrons. The van der Waals surface area contributed by atoms with Crippen LogP contribution in [-0.4, -0.2) is 30.9 Å². The third-order valence-corrected chi connectivity index (χ3v) is 3.33. The van der Waals surface area contributed by atoms with E-state index < -0.39 is 17.9 Å². The number of hydrogen-bond acceptors (Lipinski definition) is 3. The fraction of sp³-hybridized carbons (Fsp3) is 0.333. The molecule has 1 rings (SSSR count). The Morgan fingerprint density at radius 3 is 2.26 bits per heavy atom. The van der Waals surface area contributed by atoms with E-state index in [4.69, 9.17) is 34.8 Å². The Hall–Kier alpha value is -0.970. The predicted octanol–water partition coefficient (Wildman–Crippen LogP) is 3.13. The van der Waals surface area contributed by atoms with Crippen LogP contribution in [0.4, 0.5) is 5.69 Å². The van der Waals surface area contributed by atoms with Crippen molar-refractivity contribution in [3.05, 3.63) is 28.2 Å². The van der Waals surface area contributed by atoms with Gasteiger partial charge in [0.2, 0.25) is 5.91 Å². The van der Waals surface area contributed by atoms with Crippen LogP contribution >= 0.6 is 34.8 Å². The highest BCUT2D eigenvalue weighted by molar-refractivity contribution is 6.40. The molecule has 7 heteroatoms. The van der Waals surface area contributed by atoms with Gasteiger partial charge >= 0.3 is 5.97 Å². The summed E-state index contributed by atoms with van der Waals surface area (Å²) in [4.78, 5) is 24.7. The van der Waals surface area contributed by atoms with E-state index in [1.165, 1.54) is 14.0 Å². The number of hydrogen-bond donors (Lipinski definition) is 0. The summed E-state index contributed by atoms with van der Waals surface area (Å²) in [5.41, 5.74) is 0.245. The van der Waals surface area contributed by atoms with E-state index in [0.29, 0.717) is 0 Å². The summed E-state index contributed by atoms with van der Waals surface area (Å²) >= 11 is 17.7. The molecule has 0 spiro atoms. The van der Waals surface area contributed by atoms with E-state index >= 15 is 0 Å². The van der Waals surface area contributed by atoms with Gasteiger partial charge in [-0.15, -0.1) is 11.6 Å². The van der Waals surface area contributed by atoms with Crippen molar-refractivity contribution in [2.75, 3.05) is 17.9 Å². The minimum atomic E-state index is -0.881. The van der Waals surface area contributed by atoms with Crippen molar-refractivity contribution in [1.82, 2.24) is 0 Å². The molecule has 0 N–H and O–H groups in total. The molecular weight excluding hydrogens is 312 g/mol. The van der Waals surface area contributed by atoms with Gasteiger partial charge < -0.3 is 4.74 Å². The lowest BCUT2D eigenvalue weighted by Crippen LogP contribution is -2.45. The molecule has 1 aromatic rings. The summed E-state index contributed by atoms with van der Waals surface area (Å²) in [5, 5.41) is 0.503. The molecular formula is C12H12Cl3NO3. The second-order valence-corrected chi connectivity index (χ2v) is 4.75. The Kier molecular flexibility index (Phi) is 5.91. The standard InChI is InChI=1S/C12H12Cl3NO3/c1-7(12(18)19-2)16(10(17)6-13)11-8(14)4-3-5-9(11)15/h3-5,7H,6H2,1-2H3. The average molecular weight is 325 g/mol. The first-order valence-electron chi connectivity index (χ1n) is 5.33. The van der Waals surface area contributed by atoms with Gasteiger partial charge in [0.05, 0.1) is 22.8 Å². The fourth-order valence-electron chi connectivity index (χ4n) is 1.59. The first-order chi connectivity index (χ1) is 8.93. The monoisotopic (exact) mass is 323 g/mol. The summed E-state index contributed by atoms with van der Waals surface area (Å²) in [7, 11) is 1.23. The number of nitrogens with zero attached hydrogens (tertiary/aromatic N) is 1. The molecule has 19 heavy (non-hydrogen) atoms. The molecule has 1 aromatic carbocycles. The van der Waals surface area contributed by atoms with Gasteiger partial charge in [-0.25, -0.2) is 4.79 Å². The SMILES string of the molecule is COC(=O)C(C)N(C(=O)CCl)c1c(Cl)cccc1Cl. The zero-order valence-corrected chi connectivity index (χ0v) is 12.6. The number of rotatable bonds is 4. The van der Waals surface area contributed by atoms with E-state index in [9.17, 15) is 9.59 Å². The quantitative estimate of drug-likeness (QED) is 0.631. The van der Waals surface area contributed by atoms with Gasteiger partial charge in [0.25, 0.3) is 0 Å². The van der Waals surface area contributed by atoms with Crippen LogP contribution in [-0.2, 0) is 14.3 Å². The molecule has 1 unspecified atom stereocenters. The molecule has 0 saturated carbocycles. The minimum absolute atomic E-state index is 0.245. The Balaban J connectivity index is 3.32. The molecule has 0 saturated heterocycles. The second-order valence-electron chi connectivity index (χ2n) is 3.67. The van der Waals surface area contributed by atoms with Crippen molar-refractivity contribution in [3.63, 3.8) is 0 Å². The summed E-state index contributed by atoms with van der Waals surface area (Å²) in [5.74, 6) is -1.38. The summed E-state index contributed by atoms with van der Waals surface area (Å²) in [6.45, 7) is 1.51. The van der Waals surface area contributed by atoms with Gasteiger partial charge in [-0.2, -0.15) is 0 Å². The molecule has 1 atom stereocenters. The van der Waals surface area contributed by atoms with E-state index in [-0.39, 0.29) is 21.6 Å². The van der Waals surface area contributed by atoms with Gasteiger partial charge in [0.15, 0.2) is 0 Å². The highest BCUT2D eigenvalue weighted by Gasteiger charge is 2.30. The van der Waals surface area contributed by atoms with Crippen molar-refractivity contribution >= 4 is 52.4 Å². The maximum absolute atomic E-state index is 11.9. The van der Waals surface area contributed by atoms with Gasteiger partial charge in [-0.1, -0.05) is 29.3 Å². The highest BCUT2D eigenvalue weighted by atomic mass is 35.5. The van der Waals surface area contributed by atoms with Crippen molar-refractivity contribution in [3.8, 4) is 0 Å². The van der Waals surface area contributed by atoms with Crippen LogP contribution in [0.2, 0.25) is 10.0 Å². The molecule has 1 amide bonds. The zero-order valence-electron chi connectivity index (χ0n) is 10.3. The van der Waals surface area contributed by atoms with Gasteiger partial charge in [-0.3, -0.25) is 9.69 Å². The number of carbonyl (C=O) groups excluding carboxylic acids is 2. The van der Waals surface area contributed by atoms with Crippen LogP contribution < -0.4 is 4.90 Å². The topological polar surface area (TPSA) is 46.6 Å². The van der Waals surface area contributed by atoms with E-state index in [1.54, 1.807) is 18.2 Å². The number of methoxy groups -OCH3 is 1. The average Bonchev–Trinajstić information content (AvgIpc) is 2.40. The first kappa shape index (κ1) is 16.1. The van der Waals surface area contributed by atoms with E-state index in [2.05, 4.69) is 4.74 Å². The number of amides is 1. The lowest BCUT2D eigenvalue weighted by atomic mass is 10.2. The molecule has 0 aliphatic heterocycles. The molecule has 0 aliphatic carbocycles. The normalized spacial score (nSPS) is 11.8. The first-order valence-corrected chi connectivity index (χ1v) is 6.63. The molecule has 0 aromatic heterocycles. The number of para-hydroxylation sites is 1. The smallest absolute Gasteiger partial charge is 0.328 e. The summed E-state index contributed by atoms with van der Waals surface area (Å²) in [6, 6.07) is 3.90. The summed E-state index contributed by atoms with van der Waals surface area (Å²) < 4.78 is 4.63. The van der Waals surface area contributed by atoms with Gasteiger partial charge in [0.1, 0.15) is 11.9 Å². The van der Waals surface area contributed by atoms with Gasteiger partial charge in [0, 0.05) is 0 Å². The molecule has 104 valence electrons. The number of benzene rings is 1. The summed E-state index contributed by atoms with van der Waals surface area (Å²) in [6.07, 6.45) is 0. The maximum atomic E-state index is 11.9. The number of ether oxygens (including phenoxy) is 1. The second kappa shape index (κ2) is 6.98. The Morgan fingerprint density at radius 1 is 1.32 bits per heavy atom. The maximum Gasteiger partial charge on any atom is 0.328 e. The predicted molar refractivity (Wildman–Crippen MR) is 76.1 cm³/mol. The van der Waals surface area contributed by atoms with E-state index in [0.717, 1.165) is 4.90 Å². The third-order valence-electron chi connectivity index (χ3n) is 2.49. The van der Waals surface area contributed by atoms with Crippen LogP contribution in [0, 0.1) is 0 Å². The number of anilines is 1. The molecule has 4 nitrogen and oxygen atoms in total. The van der Waals surface area contributed by atoms with Crippen LogP contribution in [0.3, 0.4) is 0 Å². The van der Waals surface area contributed by atoms with Crippen LogP contribution in [0.25, 0.3) is 0 Å². The Bertz CT molecular complexity index is 473. The van der Waals surface area contributed by atoms with Gasteiger partial charge in [-0.05, 0) is 19.1 Å². The molecule has 0 heterocycles. The molecule has 0 fully saturated rings.